The van der Waals surface area contributed by atoms with Crippen molar-refractivity contribution in [3.8, 4) is 0 Å². The molecule has 5 nitrogen and oxygen atoms in total. The van der Waals surface area contributed by atoms with Gasteiger partial charge in [0.1, 0.15) is 0 Å². The van der Waals surface area contributed by atoms with Crippen molar-refractivity contribution < 1.29 is 0 Å². The smallest absolute Gasteiger partial charge is 0.192 e. The molecule has 2 aromatic rings. The Balaban J connectivity index is 2.22. The highest BCUT2D eigenvalue weighted by Gasteiger charge is 2.04. The summed E-state index contributed by atoms with van der Waals surface area (Å²) in [4.78, 5) is 8.81. The molecule has 0 bridgehead atoms. The van der Waals surface area contributed by atoms with E-state index in [1.165, 1.54) is 11.8 Å². The van der Waals surface area contributed by atoms with E-state index in [1.807, 2.05) is 55.7 Å². The summed E-state index contributed by atoms with van der Waals surface area (Å²) in [6.07, 6.45) is 0. The monoisotopic (exact) mass is 331 g/mol. The van der Waals surface area contributed by atoms with E-state index in [4.69, 9.17) is 18.0 Å². The minimum atomic E-state index is 0.175. The van der Waals surface area contributed by atoms with Crippen LogP contribution in [0.4, 0.5) is 0 Å². The van der Waals surface area contributed by atoms with Gasteiger partial charge in [-0.1, -0.05) is 42.1 Å². The number of nitrogens with zero attached hydrogens (tertiary/aromatic N) is 2. The van der Waals surface area contributed by atoms with Gasteiger partial charge in [-0.3, -0.25) is 10.9 Å². The fourth-order valence-electron chi connectivity index (χ4n) is 1.77. The van der Waals surface area contributed by atoms with Crippen molar-refractivity contribution in [3.05, 3.63) is 58.8 Å². The zero-order valence-electron chi connectivity index (χ0n) is 12.3. The molecule has 0 radical (unpaired) electrons. The molecule has 0 aliphatic heterocycles. The molecule has 0 saturated carbocycles. The first-order valence-corrected chi connectivity index (χ1v) is 7.89. The summed E-state index contributed by atoms with van der Waals surface area (Å²) in [6.45, 7) is 3.90. The molecule has 1 heterocycles. The Morgan fingerprint density at radius 2 is 1.77 bits per heavy atom. The summed E-state index contributed by atoms with van der Waals surface area (Å²) in [5, 5.41) is 2.80. The summed E-state index contributed by atoms with van der Waals surface area (Å²) in [5.74, 6) is 0. The van der Waals surface area contributed by atoms with Crippen LogP contribution in [0.3, 0.4) is 0 Å². The van der Waals surface area contributed by atoms with Crippen LogP contribution in [0.25, 0.3) is 5.70 Å². The number of nitrogens with two attached hydrogens (primary N) is 1. The molecule has 0 aliphatic carbocycles. The molecule has 0 unspecified atom stereocenters. The predicted molar refractivity (Wildman–Crippen MR) is 94.8 cm³/mol. The average molecular weight is 331 g/mol. The van der Waals surface area contributed by atoms with Gasteiger partial charge in [0.05, 0.1) is 5.70 Å². The van der Waals surface area contributed by atoms with E-state index in [9.17, 15) is 0 Å². The van der Waals surface area contributed by atoms with E-state index in [2.05, 4.69) is 20.8 Å². The molecule has 114 valence electrons. The molecule has 0 fully saturated rings. The lowest BCUT2D eigenvalue weighted by Gasteiger charge is -2.12. The zero-order chi connectivity index (χ0) is 15.9. The number of benzene rings is 1. The fourth-order valence-corrected chi connectivity index (χ4v) is 2.64. The number of aromatic nitrogens is 2. The van der Waals surface area contributed by atoms with Crippen molar-refractivity contribution in [2.45, 2.75) is 19.0 Å². The van der Waals surface area contributed by atoms with Crippen LogP contribution >= 0.6 is 24.0 Å². The normalized spacial score (nSPS) is 11.1. The van der Waals surface area contributed by atoms with Crippen molar-refractivity contribution in [1.29, 1.82) is 0 Å². The highest BCUT2D eigenvalue weighted by Crippen LogP contribution is 2.21. The van der Waals surface area contributed by atoms with Crippen molar-refractivity contribution in [2.75, 3.05) is 0 Å². The molecular weight excluding hydrogens is 314 g/mol. The molecule has 0 saturated heterocycles. The number of hydrogen-bond acceptors (Lipinski definition) is 5. The van der Waals surface area contributed by atoms with E-state index < -0.39 is 0 Å². The van der Waals surface area contributed by atoms with Crippen molar-refractivity contribution in [1.82, 2.24) is 20.8 Å². The molecule has 1 aromatic heterocycles. The van der Waals surface area contributed by atoms with Crippen LogP contribution in [-0.4, -0.2) is 15.1 Å². The first-order chi connectivity index (χ1) is 10.5. The standard InChI is InChI=1S/C15H17N5S2/c1-10-8-11(2)18-15(17-10)22-9-13(19-20-14(16)21)12-6-4-3-5-7-12/h3-9,19H,1-2H3,(H3,16,20,21)/b13-9+. The van der Waals surface area contributed by atoms with Crippen LogP contribution in [0.2, 0.25) is 0 Å². The Morgan fingerprint density at radius 1 is 1.14 bits per heavy atom. The minimum Gasteiger partial charge on any atom is -0.375 e. The molecule has 0 atom stereocenters. The van der Waals surface area contributed by atoms with Gasteiger partial charge in [-0.05, 0) is 37.7 Å². The van der Waals surface area contributed by atoms with E-state index in [1.54, 1.807) is 0 Å². The van der Waals surface area contributed by atoms with Gasteiger partial charge in [-0.2, -0.15) is 0 Å². The number of rotatable bonds is 5. The topological polar surface area (TPSA) is 75.9 Å². The lowest BCUT2D eigenvalue weighted by atomic mass is 10.2. The van der Waals surface area contributed by atoms with E-state index in [0.717, 1.165) is 22.6 Å². The molecule has 1 aromatic carbocycles. The van der Waals surface area contributed by atoms with Gasteiger partial charge < -0.3 is 5.73 Å². The lowest BCUT2D eigenvalue weighted by molar-refractivity contribution is 0.845. The van der Waals surface area contributed by atoms with Crippen LogP contribution in [-0.2, 0) is 0 Å². The second-order valence-electron chi connectivity index (χ2n) is 4.56. The summed E-state index contributed by atoms with van der Waals surface area (Å²) in [7, 11) is 0. The van der Waals surface area contributed by atoms with Gasteiger partial charge in [-0.25, -0.2) is 9.97 Å². The molecule has 0 aliphatic rings. The summed E-state index contributed by atoms with van der Waals surface area (Å²) >= 11 is 6.25. The Kier molecular flexibility index (Phi) is 5.74. The quantitative estimate of drug-likeness (QED) is 0.336. The Morgan fingerprint density at radius 3 is 2.36 bits per heavy atom. The second kappa shape index (κ2) is 7.77. The van der Waals surface area contributed by atoms with Crippen molar-refractivity contribution in [2.24, 2.45) is 5.73 Å². The van der Waals surface area contributed by atoms with Crippen LogP contribution in [0.15, 0.2) is 47.0 Å². The van der Waals surface area contributed by atoms with Crippen LogP contribution in [0.5, 0.6) is 0 Å². The van der Waals surface area contributed by atoms with Gasteiger partial charge in [0.25, 0.3) is 0 Å². The third-order valence-corrected chi connectivity index (χ3v) is 3.50. The Hall–Kier alpha value is -2.12. The Bertz CT molecular complexity index is 665. The number of nitrogens with one attached hydrogen (secondary N) is 2. The molecule has 0 amide bonds. The SMILES string of the molecule is Cc1cc(C)nc(S/C=C(/NNC(N)=S)c2ccccc2)n1. The van der Waals surface area contributed by atoms with Gasteiger partial charge in [0, 0.05) is 16.8 Å². The van der Waals surface area contributed by atoms with Gasteiger partial charge in [-0.15, -0.1) is 0 Å². The molecule has 7 heteroatoms. The van der Waals surface area contributed by atoms with Gasteiger partial charge in [0.15, 0.2) is 10.3 Å². The third kappa shape index (κ3) is 5.01. The number of thioether (sulfide) groups is 1. The first-order valence-electron chi connectivity index (χ1n) is 6.60. The molecule has 4 N–H and O–H groups in total. The maximum atomic E-state index is 5.46. The number of thiocarbonyl (C=S) groups is 1. The Labute approximate surface area is 139 Å². The van der Waals surface area contributed by atoms with Crippen molar-refractivity contribution in [3.63, 3.8) is 0 Å². The average Bonchev–Trinajstić information content (AvgIpc) is 2.47. The highest BCUT2D eigenvalue weighted by atomic mass is 32.2. The zero-order valence-corrected chi connectivity index (χ0v) is 14.0. The van der Waals surface area contributed by atoms with E-state index >= 15 is 0 Å². The molecule has 22 heavy (non-hydrogen) atoms. The van der Waals surface area contributed by atoms with Crippen LogP contribution < -0.4 is 16.6 Å². The molecule has 2 rings (SSSR count). The van der Waals surface area contributed by atoms with E-state index in [-0.39, 0.29) is 5.11 Å². The van der Waals surface area contributed by atoms with Crippen LogP contribution in [0.1, 0.15) is 17.0 Å². The molecule has 0 spiro atoms. The maximum Gasteiger partial charge on any atom is 0.192 e. The summed E-state index contributed by atoms with van der Waals surface area (Å²) in [6, 6.07) is 11.8. The first kappa shape index (κ1) is 16.3. The predicted octanol–water partition coefficient (Wildman–Crippen LogP) is 2.52. The maximum absolute atomic E-state index is 5.46. The summed E-state index contributed by atoms with van der Waals surface area (Å²) in [5.41, 5.74) is 14.9. The summed E-state index contributed by atoms with van der Waals surface area (Å²) < 4.78 is 0. The van der Waals surface area contributed by atoms with Crippen molar-refractivity contribution >= 4 is 34.8 Å². The van der Waals surface area contributed by atoms with Gasteiger partial charge in [0.2, 0.25) is 0 Å². The lowest BCUT2D eigenvalue weighted by Crippen LogP contribution is -2.39. The van der Waals surface area contributed by atoms with Crippen LogP contribution in [0, 0.1) is 13.8 Å². The second-order valence-corrected chi connectivity index (χ2v) is 5.84. The fraction of sp³-hybridized carbons (Fsp3) is 0.133. The number of hydrazine groups is 1. The van der Waals surface area contributed by atoms with Gasteiger partial charge >= 0.3 is 0 Å². The number of aryl methyl sites for hydroxylation is 2. The van der Waals surface area contributed by atoms with E-state index in [0.29, 0.717) is 5.16 Å². The largest absolute Gasteiger partial charge is 0.375 e. The number of hydrogen-bond donors (Lipinski definition) is 3. The third-order valence-electron chi connectivity index (χ3n) is 2.65. The minimum absolute atomic E-state index is 0.175. The highest BCUT2D eigenvalue weighted by molar-refractivity contribution is 8.02. The molecular formula is C15H17N5S2.